The number of hydrogen-bond donors (Lipinski definition) is 2. The normalized spacial score (nSPS) is 17.6. The lowest BCUT2D eigenvalue weighted by Crippen LogP contribution is -2.43. The number of nitrogens with one attached hydrogen (secondary N) is 1. The molecule has 2 aromatic rings. The van der Waals surface area contributed by atoms with Crippen molar-refractivity contribution in [3.8, 4) is 17.0 Å². The predicted octanol–water partition coefficient (Wildman–Crippen LogP) is 4.08. The van der Waals surface area contributed by atoms with Gasteiger partial charge in [-0.3, -0.25) is 9.78 Å². The molecule has 1 atom stereocenters. The molecule has 3 rings (SSSR count). The lowest BCUT2D eigenvalue weighted by Gasteiger charge is -2.37. The van der Waals surface area contributed by atoms with Crippen LogP contribution >= 0.6 is 0 Å². The molecule has 1 saturated heterocycles. The number of nitrogens with zero attached hydrogens (tertiary/aromatic N) is 2. The van der Waals surface area contributed by atoms with Crippen molar-refractivity contribution in [1.82, 2.24) is 15.2 Å². The van der Waals surface area contributed by atoms with Crippen molar-refractivity contribution in [1.29, 1.82) is 0 Å². The summed E-state index contributed by atoms with van der Waals surface area (Å²) in [7, 11) is 0. The maximum Gasteiger partial charge on any atom is 0.251 e. The maximum absolute atomic E-state index is 12.6. The molecule has 0 radical (unpaired) electrons. The van der Waals surface area contributed by atoms with Crippen molar-refractivity contribution in [2.75, 3.05) is 19.6 Å². The fourth-order valence-corrected chi connectivity index (χ4v) is 3.93. The molecule has 5 heteroatoms. The molecule has 0 saturated carbocycles. The summed E-state index contributed by atoms with van der Waals surface area (Å²) < 4.78 is 0. The highest BCUT2D eigenvalue weighted by atomic mass is 16.3. The van der Waals surface area contributed by atoms with E-state index in [0.717, 1.165) is 24.2 Å². The topological polar surface area (TPSA) is 65.5 Å². The first-order chi connectivity index (χ1) is 13.5. The Balaban J connectivity index is 1.56. The van der Waals surface area contributed by atoms with Gasteiger partial charge in [-0.2, -0.15) is 0 Å². The first-order valence-corrected chi connectivity index (χ1v) is 10.3. The molecule has 5 nitrogen and oxygen atoms in total. The molecule has 1 aromatic carbocycles. The second kappa shape index (κ2) is 9.69. The van der Waals surface area contributed by atoms with Crippen LogP contribution in [0.5, 0.6) is 5.75 Å². The summed E-state index contributed by atoms with van der Waals surface area (Å²) >= 11 is 0. The number of amides is 1. The Morgan fingerprint density at radius 3 is 2.89 bits per heavy atom. The summed E-state index contributed by atoms with van der Waals surface area (Å²) in [5.41, 5.74) is 2.23. The first-order valence-electron chi connectivity index (χ1n) is 10.3. The number of aromatic hydroxyl groups is 1. The van der Waals surface area contributed by atoms with Crippen LogP contribution in [0.15, 0.2) is 42.6 Å². The molecule has 2 N–H and O–H groups in total. The third-order valence-electron chi connectivity index (χ3n) is 5.28. The van der Waals surface area contributed by atoms with Crippen molar-refractivity contribution < 1.29 is 9.90 Å². The minimum atomic E-state index is -0.0492. The predicted molar refractivity (Wildman–Crippen MR) is 112 cm³/mol. The molecule has 150 valence electrons. The molecule has 1 fully saturated rings. The molecule has 1 aliphatic rings. The number of pyridine rings is 1. The quantitative estimate of drug-likeness (QED) is 0.758. The van der Waals surface area contributed by atoms with Crippen molar-refractivity contribution in [3.05, 3.63) is 48.2 Å². The van der Waals surface area contributed by atoms with Crippen molar-refractivity contribution in [2.45, 2.75) is 45.6 Å². The zero-order valence-corrected chi connectivity index (χ0v) is 16.9. The minimum Gasteiger partial charge on any atom is -0.506 e. The van der Waals surface area contributed by atoms with E-state index in [1.807, 2.05) is 24.3 Å². The van der Waals surface area contributed by atoms with Crippen LogP contribution in [0.25, 0.3) is 11.3 Å². The highest BCUT2D eigenvalue weighted by molar-refractivity contribution is 5.95. The number of likely N-dealkylation sites (tertiary alicyclic amines) is 1. The second-order valence-electron chi connectivity index (χ2n) is 8.07. The van der Waals surface area contributed by atoms with Crippen molar-refractivity contribution in [2.24, 2.45) is 5.92 Å². The van der Waals surface area contributed by atoms with E-state index in [1.165, 1.54) is 32.0 Å². The van der Waals surface area contributed by atoms with Gasteiger partial charge in [0.05, 0.1) is 11.9 Å². The number of benzene rings is 1. The zero-order valence-electron chi connectivity index (χ0n) is 16.9. The van der Waals surface area contributed by atoms with Gasteiger partial charge in [-0.15, -0.1) is 0 Å². The standard InChI is InChI=1S/C23H31N3O2/c1-17(2)16-26-13-4-3-8-20(26)11-12-24-23(28)19-7-5-6-18(14-19)22-10-9-21(27)15-25-22/h5-7,9-10,14-15,17,20,27H,3-4,8,11-13,16H2,1-2H3,(H,24,28). The fraction of sp³-hybridized carbons (Fsp3) is 0.478. The van der Waals surface area contributed by atoms with E-state index in [2.05, 4.69) is 29.0 Å². The van der Waals surface area contributed by atoms with Crippen LogP contribution in [-0.4, -0.2) is 46.6 Å². The molecule has 0 aliphatic carbocycles. The first kappa shape index (κ1) is 20.3. The Morgan fingerprint density at radius 1 is 1.29 bits per heavy atom. The minimum absolute atomic E-state index is 0.0492. The molecule has 0 bridgehead atoms. The van der Waals surface area contributed by atoms with E-state index in [4.69, 9.17) is 0 Å². The van der Waals surface area contributed by atoms with Gasteiger partial charge in [0.2, 0.25) is 0 Å². The molecule has 28 heavy (non-hydrogen) atoms. The second-order valence-corrected chi connectivity index (χ2v) is 8.07. The number of piperidine rings is 1. The van der Waals surface area contributed by atoms with Gasteiger partial charge in [-0.25, -0.2) is 0 Å². The average molecular weight is 382 g/mol. The van der Waals surface area contributed by atoms with Gasteiger partial charge in [0.1, 0.15) is 5.75 Å². The van der Waals surface area contributed by atoms with E-state index >= 15 is 0 Å². The average Bonchev–Trinajstić information content (AvgIpc) is 2.69. The summed E-state index contributed by atoms with van der Waals surface area (Å²) in [4.78, 5) is 19.4. The summed E-state index contributed by atoms with van der Waals surface area (Å²) in [5.74, 6) is 0.755. The van der Waals surface area contributed by atoms with Gasteiger partial charge in [-0.05, 0) is 56.0 Å². The summed E-state index contributed by atoms with van der Waals surface area (Å²) in [6.45, 7) is 7.55. The van der Waals surface area contributed by atoms with E-state index in [9.17, 15) is 9.90 Å². The van der Waals surface area contributed by atoms with Crippen LogP contribution in [0.1, 0.15) is 49.9 Å². The SMILES string of the molecule is CC(C)CN1CCCCC1CCNC(=O)c1cccc(-c2ccc(O)cn2)c1. The number of aromatic nitrogens is 1. The van der Waals surface area contributed by atoms with Gasteiger partial charge in [0.15, 0.2) is 0 Å². The zero-order chi connectivity index (χ0) is 19.9. The van der Waals surface area contributed by atoms with Crippen molar-refractivity contribution >= 4 is 5.91 Å². The molecule has 1 aliphatic heterocycles. The number of carbonyl (C=O) groups is 1. The Bertz CT molecular complexity index is 774. The van der Waals surface area contributed by atoms with E-state index < -0.39 is 0 Å². The Morgan fingerprint density at radius 2 is 2.14 bits per heavy atom. The third-order valence-corrected chi connectivity index (χ3v) is 5.28. The molecular formula is C23H31N3O2. The monoisotopic (exact) mass is 381 g/mol. The van der Waals surface area contributed by atoms with Gasteiger partial charge in [0, 0.05) is 30.3 Å². The maximum atomic E-state index is 12.6. The highest BCUT2D eigenvalue weighted by Crippen LogP contribution is 2.22. The summed E-state index contributed by atoms with van der Waals surface area (Å²) in [5, 5.41) is 12.5. The van der Waals surface area contributed by atoms with Crippen LogP contribution in [0, 0.1) is 5.92 Å². The lowest BCUT2D eigenvalue weighted by atomic mass is 9.98. The third kappa shape index (κ3) is 5.55. The van der Waals surface area contributed by atoms with Gasteiger partial charge < -0.3 is 15.3 Å². The number of rotatable bonds is 7. The van der Waals surface area contributed by atoms with E-state index in [0.29, 0.717) is 24.1 Å². The van der Waals surface area contributed by atoms with E-state index in [1.54, 1.807) is 12.1 Å². The Labute approximate surface area is 167 Å². The van der Waals surface area contributed by atoms with Crippen LogP contribution in [0.2, 0.25) is 0 Å². The molecule has 1 unspecified atom stereocenters. The molecule has 2 heterocycles. The lowest BCUT2D eigenvalue weighted by molar-refractivity contribution is 0.0934. The van der Waals surface area contributed by atoms with Crippen LogP contribution < -0.4 is 5.32 Å². The number of carbonyl (C=O) groups excluding carboxylic acids is 1. The van der Waals surface area contributed by atoms with Gasteiger partial charge >= 0.3 is 0 Å². The van der Waals surface area contributed by atoms with Crippen LogP contribution in [0.4, 0.5) is 0 Å². The number of hydrogen-bond acceptors (Lipinski definition) is 4. The molecule has 1 aromatic heterocycles. The van der Waals surface area contributed by atoms with Crippen molar-refractivity contribution in [3.63, 3.8) is 0 Å². The highest BCUT2D eigenvalue weighted by Gasteiger charge is 2.22. The van der Waals surface area contributed by atoms with Gasteiger partial charge in [0.25, 0.3) is 5.91 Å². The largest absolute Gasteiger partial charge is 0.506 e. The Kier molecular flexibility index (Phi) is 7.04. The van der Waals surface area contributed by atoms with Gasteiger partial charge in [-0.1, -0.05) is 32.4 Å². The Hall–Kier alpha value is -2.40. The molecule has 1 amide bonds. The van der Waals surface area contributed by atoms with Crippen LogP contribution in [-0.2, 0) is 0 Å². The molecular weight excluding hydrogens is 350 g/mol. The van der Waals surface area contributed by atoms with Crippen LogP contribution in [0.3, 0.4) is 0 Å². The smallest absolute Gasteiger partial charge is 0.251 e. The molecule has 0 spiro atoms. The van der Waals surface area contributed by atoms with E-state index in [-0.39, 0.29) is 11.7 Å². The fourth-order valence-electron chi connectivity index (χ4n) is 3.93. The summed E-state index contributed by atoms with van der Waals surface area (Å²) in [6, 6.07) is 11.4. The summed E-state index contributed by atoms with van der Waals surface area (Å²) in [6.07, 6.45) is 6.21.